The van der Waals surface area contributed by atoms with Crippen molar-refractivity contribution in [3.63, 3.8) is 0 Å². The van der Waals surface area contributed by atoms with E-state index in [1.807, 2.05) is 12.1 Å². The molecule has 0 bridgehead atoms. The van der Waals surface area contributed by atoms with Crippen LogP contribution >= 0.6 is 11.3 Å². The van der Waals surface area contributed by atoms with Gasteiger partial charge in [0.25, 0.3) is 0 Å². The number of nitrogens with zero attached hydrogens (tertiary/aromatic N) is 1. The van der Waals surface area contributed by atoms with Gasteiger partial charge in [0.1, 0.15) is 0 Å². The van der Waals surface area contributed by atoms with Crippen molar-refractivity contribution in [1.29, 1.82) is 0 Å². The molecule has 2 aromatic rings. The topological polar surface area (TPSA) is 38.9 Å². The summed E-state index contributed by atoms with van der Waals surface area (Å²) >= 11 is 1.78. The molecule has 0 aliphatic rings. The van der Waals surface area contributed by atoms with Crippen molar-refractivity contribution in [2.45, 2.75) is 12.8 Å². The summed E-state index contributed by atoms with van der Waals surface area (Å²) in [5.74, 6) is 0. The summed E-state index contributed by atoms with van der Waals surface area (Å²) in [7, 11) is 0. The summed E-state index contributed by atoms with van der Waals surface area (Å²) in [5, 5.41) is 1.21. The van der Waals surface area contributed by atoms with Crippen molar-refractivity contribution >= 4 is 21.6 Å². The van der Waals surface area contributed by atoms with E-state index in [-0.39, 0.29) is 0 Å². The van der Waals surface area contributed by atoms with Gasteiger partial charge >= 0.3 is 0 Å². The van der Waals surface area contributed by atoms with Gasteiger partial charge in [-0.25, -0.2) is 4.98 Å². The quantitative estimate of drug-likeness (QED) is 0.801. The number of aryl methyl sites for hydroxylation is 1. The van der Waals surface area contributed by atoms with Gasteiger partial charge in [-0.15, -0.1) is 11.3 Å². The fraction of sp³-hybridized carbons (Fsp3) is 0.250. The molecule has 0 aliphatic carbocycles. The third-order valence-corrected chi connectivity index (χ3v) is 3.26. The molecule has 0 fully saturated rings. The van der Waals surface area contributed by atoms with E-state index in [4.69, 9.17) is 5.73 Å². The lowest BCUT2D eigenvalue weighted by Gasteiger charge is -1.88. The zero-order valence-corrected chi connectivity index (χ0v) is 9.33. The smallest absolute Gasteiger partial charge is 0.0941 e. The van der Waals surface area contributed by atoms with E-state index in [2.05, 4.69) is 29.3 Å². The van der Waals surface area contributed by atoms with Crippen molar-refractivity contribution in [3.8, 4) is 0 Å². The zero-order valence-electron chi connectivity index (χ0n) is 8.52. The van der Waals surface area contributed by atoms with Gasteiger partial charge in [0.2, 0.25) is 0 Å². The van der Waals surface area contributed by atoms with Crippen LogP contribution in [-0.4, -0.2) is 11.5 Å². The fourth-order valence-corrected chi connectivity index (χ4v) is 2.43. The molecule has 0 spiro atoms. The second-order valence-electron chi connectivity index (χ2n) is 3.32. The summed E-state index contributed by atoms with van der Waals surface area (Å²) < 4.78 is 1.27. The third-order valence-electron chi connectivity index (χ3n) is 2.17. The Labute approximate surface area is 93.4 Å². The van der Waals surface area contributed by atoms with Gasteiger partial charge in [0.15, 0.2) is 0 Å². The number of rotatable bonds is 4. The average Bonchev–Trinajstić information content (AvgIpc) is 2.67. The summed E-state index contributed by atoms with van der Waals surface area (Å²) in [6.45, 7) is 0.625. The van der Waals surface area contributed by atoms with Gasteiger partial charge in [-0.1, -0.05) is 24.3 Å². The van der Waals surface area contributed by atoms with Crippen LogP contribution in [0.1, 0.15) is 11.4 Å². The predicted octanol–water partition coefficient (Wildman–Crippen LogP) is 2.74. The van der Waals surface area contributed by atoms with Gasteiger partial charge in [0, 0.05) is 13.0 Å². The van der Waals surface area contributed by atoms with Crippen molar-refractivity contribution in [2.75, 3.05) is 6.54 Å². The SMILES string of the molecule is NC/C=C/CCc1nc2ccccc2s1. The minimum absolute atomic E-state index is 0.625. The zero-order chi connectivity index (χ0) is 10.5. The van der Waals surface area contributed by atoms with Crippen molar-refractivity contribution in [2.24, 2.45) is 5.73 Å². The molecule has 0 saturated heterocycles. The van der Waals surface area contributed by atoms with E-state index in [1.165, 1.54) is 9.71 Å². The maximum absolute atomic E-state index is 5.37. The number of allylic oxidation sites excluding steroid dienone is 1. The largest absolute Gasteiger partial charge is 0.327 e. The molecular weight excluding hydrogens is 204 g/mol. The Morgan fingerprint density at radius 2 is 2.13 bits per heavy atom. The van der Waals surface area contributed by atoms with Gasteiger partial charge < -0.3 is 5.73 Å². The standard InChI is InChI=1S/C12H14N2S/c13-9-5-1-2-8-12-14-10-6-3-4-7-11(10)15-12/h1,3-7H,2,8-9,13H2/b5-1+. The number of hydrogen-bond acceptors (Lipinski definition) is 3. The lowest BCUT2D eigenvalue weighted by molar-refractivity contribution is 0.981. The van der Waals surface area contributed by atoms with E-state index in [0.717, 1.165) is 18.4 Å². The molecule has 0 unspecified atom stereocenters. The van der Waals surface area contributed by atoms with Crippen LogP contribution in [0.2, 0.25) is 0 Å². The number of fused-ring (bicyclic) bond motifs is 1. The summed E-state index contributed by atoms with van der Waals surface area (Å²) in [5.41, 5.74) is 6.48. The molecule has 15 heavy (non-hydrogen) atoms. The van der Waals surface area contributed by atoms with Gasteiger partial charge in [-0.3, -0.25) is 0 Å². The normalized spacial score (nSPS) is 11.5. The minimum Gasteiger partial charge on any atom is -0.327 e. The van der Waals surface area contributed by atoms with E-state index in [1.54, 1.807) is 11.3 Å². The molecule has 1 aromatic heterocycles. The highest BCUT2D eigenvalue weighted by atomic mass is 32.1. The van der Waals surface area contributed by atoms with E-state index >= 15 is 0 Å². The number of nitrogens with two attached hydrogens (primary N) is 1. The molecule has 78 valence electrons. The molecule has 2 N–H and O–H groups in total. The van der Waals surface area contributed by atoms with Crippen molar-refractivity contribution < 1.29 is 0 Å². The van der Waals surface area contributed by atoms with Crippen LogP contribution in [0.25, 0.3) is 10.2 Å². The molecule has 0 atom stereocenters. The second-order valence-corrected chi connectivity index (χ2v) is 4.44. The van der Waals surface area contributed by atoms with Crippen LogP contribution in [0, 0.1) is 0 Å². The van der Waals surface area contributed by atoms with Crippen LogP contribution in [0.15, 0.2) is 36.4 Å². The molecular formula is C12H14N2S. The Morgan fingerprint density at radius 3 is 2.93 bits per heavy atom. The summed E-state index contributed by atoms with van der Waals surface area (Å²) in [6, 6.07) is 8.26. The number of benzene rings is 1. The van der Waals surface area contributed by atoms with Crippen LogP contribution in [0.3, 0.4) is 0 Å². The number of hydrogen-bond donors (Lipinski definition) is 1. The third kappa shape index (κ3) is 2.64. The summed E-state index contributed by atoms with van der Waals surface area (Å²) in [6.07, 6.45) is 6.15. The van der Waals surface area contributed by atoms with Crippen LogP contribution in [0.5, 0.6) is 0 Å². The molecule has 3 heteroatoms. The van der Waals surface area contributed by atoms with Crippen LogP contribution in [-0.2, 0) is 6.42 Å². The number of para-hydroxylation sites is 1. The fourth-order valence-electron chi connectivity index (χ4n) is 1.45. The molecule has 2 rings (SSSR count). The molecule has 1 aromatic carbocycles. The van der Waals surface area contributed by atoms with Crippen molar-refractivity contribution in [1.82, 2.24) is 4.98 Å². The minimum atomic E-state index is 0.625. The maximum Gasteiger partial charge on any atom is 0.0941 e. The highest BCUT2D eigenvalue weighted by molar-refractivity contribution is 7.18. The highest BCUT2D eigenvalue weighted by Crippen LogP contribution is 2.22. The Morgan fingerprint density at radius 1 is 1.27 bits per heavy atom. The molecule has 1 heterocycles. The predicted molar refractivity (Wildman–Crippen MR) is 66.1 cm³/mol. The Balaban J connectivity index is 2.05. The average molecular weight is 218 g/mol. The van der Waals surface area contributed by atoms with E-state index < -0.39 is 0 Å². The monoisotopic (exact) mass is 218 g/mol. The first kappa shape index (κ1) is 10.3. The second kappa shape index (κ2) is 5.05. The molecule has 2 nitrogen and oxygen atoms in total. The van der Waals surface area contributed by atoms with E-state index in [9.17, 15) is 0 Å². The summed E-state index contributed by atoms with van der Waals surface area (Å²) in [4.78, 5) is 4.56. The lowest BCUT2D eigenvalue weighted by Crippen LogP contribution is -1.92. The Bertz CT molecular complexity index is 426. The van der Waals surface area contributed by atoms with Gasteiger partial charge in [-0.2, -0.15) is 0 Å². The van der Waals surface area contributed by atoms with E-state index in [0.29, 0.717) is 6.54 Å². The van der Waals surface area contributed by atoms with Crippen LogP contribution < -0.4 is 5.73 Å². The van der Waals surface area contributed by atoms with Crippen molar-refractivity contribution in [3.05, 3.63) is 41.4 Å². The molecule has 0 radical (unpaired) electrons. The number of aromatic nitrogens is 1. The first-order chi connectivity index (χ1) is 7.40. The Kier molecular flexibility index (Phi) is 3.48. The first-order valence-corrected chi connectivity index (χ1v) is 5.91. The molecule has 0 saturated carbocycles. The lowest BCUT2D eigenvalue weighted by atomic mass is 10.3. The van der Waals surface area contributed by atoms with Gasteiger partial charge in [0.05, 0.1) is 15.2 Å². The first-order valence-electron chi connectivity index (χ1n) is 5.09. The number of thiazole rings is 1. The molecule has 0 aliphatic heterocycles. The molecule has 0 amide bonds. The Hall–Kier alpha value is -1.19. The van der Waals surface area contributed by atoms with Crippen LogP contribution in [0.4, 0.5) is 0 Å². The highest BCUT2D eigenvalue weighted by Gasteiger charge is 2.00. The maximum atomic E-state index is 5.37. The van der Waals surface area contributed by atoms with Gasteiger partial charge in [-0.05, 0) is 18.6 Å².